The summed E-state index contributed by atoms with van der Waals surface area (Å²) < 4.78 is 38.2. The molecule has 1 aliphatic rings. The van der Waals surface area contributed by atoms with Crippen LogP contribution in [-0.4, -0.2) is 79.5 Å². The van der Waals surface area contributed by atoms with E-state index in [0.29, 0.717) is 4.90 Å². The Morgan fingerprint density at radius 2 is 2.00 bits per heavy atom. The number of likely N-dealkylation sites (N-methyl/N-ethyl adjacent to an activating group) is 1. The van der Waals surface area contributed by atoms with Crippen LogP contribution in [0.3, 0.4) is 0 Å². The van der Waals surface area contributed by atoms with E-state index in [4.69, 9.17) is 0 Å². The molecule has 2 amide bonds. The van der Waals surface area contributed by atoms with E-state index in [0.717, 1.165) is 4.90 Å². The summed E-state index contributed by atoms with van der Waals surface area (Å²) in [4.78, 5) is 25.7. The Balaban J connectivity index is 2.72. The molecule has 0 bridgehead atoms. The monoisotopic (exact) mass is 267 g/mol. The van der Waals surface area contributed by atoms with Crippen molar-refractivity contribution in [3.63, 3.8) is 0 Å². The van der Waals surface area contributed by atoms with Gasteiger partial charge in [-0.05, 0) is 14.1 Å². The highest BCUT2D eigenvalue weighted by atomic mass is 19.4. The molecule has 1 fully saturated rings. The molecule has 1 unspecified atom stereocenters. The van der Waals surface area contributed by atoms with Crippen molar-refractivity contribution in [3.05, 3.63) is 0 Å². The van der Waals surface area contributed by atoms with Crippen molar-refractivity contribution in [2.45, 2.75) is 12.2 Å². The van der Waals surface area contributed by atoms with Gasteiger partial charge in [-0.3, -0.25) is 9.59 Å². The zero-order valence-corrected chi connectivity index (χ0v) is 10.3. The van der Waals surface area contributed by atoms with E-state index in [9.17, 15) is 22.8 Å². The third-order valence-corrected chi connectivity index (χ3v) is 2.74. The summed E-state index contributed by atoms with van der Waals surface area (Å²) in [7, 11) is 3.33. The minimum Gasteiger partial charge on any atom is -0.337 e. The molecule has 0 aromatic carbocycles. The summed E-state index contributed by atoms with van der Waals surface area (Å²) in [5.74, 6) is -0.361. The number of piperazine rings is 1. The molecule has 8 heteroatoms. The maximum Gasteiger partial charge on any atom is 0.410 e. The molecule has 18 heavy (non-hydrogen) atoms. The maximum absolute atomic E-state index is 12.7. The lowest BCUT2D eigenvalue weighted by Crippen LogP contribution is -2.60. The predicted octanol–water partition coefficient (Wildman–Crippen LogP) is -0.220. The highest BCUT2D eigenvalue weighted by Gasteiger charge is 2.46. The summed E-state index contributed by atoms with van der Waals surface area (Å²) in [5.41, 5.74) is 0. The standard InChI is InChI=1S/C10H16F3N3O2/c1-14(2)6-9(18)15-3-4-16(7-17)8(5-15)10(11,12)13/h7-8H,3-6H2,1-2H3. The second-order valence-electron chi connectivity index (χ2n) is 4.48. The van der Waals surface area contributed by atoms with Crippen molar-refractivity contribution in [3.8, 4) is 0 Å². The van der Waals surface area contributed by atoms with Crippen molar-refractivity contribution >= 4 is 12.3 Å². The molecule has 0 aromatic rings. The van der Waals surface area contributed by atoms with Gasteiger partial charge in [0, 0.05) is 13.1 Å². The number of halogens is 3. The number of amides is 2. The zero-order chi connectivity index (χ0) is 13.9. The van der Waals surface area contributed by atoms with Gasteiger partial charge in [-0.2, -0.15) is 13.2 Å². The molecular weight excluding hydrogens is 251 g/mol. The lowest BCUT2D eigenvalue weighted by atomic mass is 10.1. The van der Waals surface area contributed by atoms with Gasteiger partial charge in [0.25, 0.3) is 0 Å². The fourth-order valence-electron chi connectivity index (χ4n) is 1.81. The summed E-state index contributed by atoms with van der Waals surface area (Å²) in [6, 6.07) is -1.91. The molecule has 1 rings (SSSR count). The molecule has 0 aromatic heterocycles. The van der Waals surface area contributed by atoms with Crippen LogP contribution in [0.2, 0.25) is 0 Å². The van der Waals surface area contributed by atoms with Gasteiger partial charge in [-0.15, -0.1) is 0 Å². The minimum absolute atomic E-state index is 0.0612. The van der Waals surface area contributed by atoms with E-state index >= 15 is 0 Å². The fourth-order valence-corrected chi connectivity index (χ4v) is 1.81. The van der Waals surface area contributed by atoms with Crippen molar-refractivity contribution in [2.75, 3.05) is 40.3 Å². The molecule has 5 nitrogen and oxygen atoms in total. The Bertz CT molecular complexity index is 320. The minimum atomic E-state index is -4.52. The molecular formula is C10H16F3N3O2. The Hall–Kier alpha value is -1.31. The molecule has 0 saturated carbocycles. The van der Waals surface area contributed by atoms with Crippen molar-refractivity contribution in [1.29, 1.82) is 0 Å². The average molecular weight is 267 g/mol. The Kier molecular flexibility index (Phi) is 4.55. The molecule has 0 spiro atoms. The third kappa shape index (κ3) is 3.59. The van der Waals surface area contributed by atoms with Gasteiger partial charge < -0.3 is 14.7 Å². The number of carbonyl (C=O) groups excluding carboxylic acids is 2. The second kappa shape index (κ2) is 5.55. The van der Waals surface area contributed by atoms with E-state index in [-0.39, 0.29) is 32.0 Å². The van der Waals surface area contributed by atoms with Crippen LogP contribution >= 0.6 is 0 Å². The van der Waals surface area contributed by atoms with Crippen LogP contribution in [0.5, 0.6) is 0 Å². The SMILES string of the molecule is CN(C)CC(=O)N1CCN(C=O)C(C(F)(F)F)C1. The molecule has 1 aliphatic heterocycles. The van der Waals surface area contributed by atoms with Crippen molar-refractivity contribution in [2.24, 2.45) is 0 Å². The number of rotatable bonds is 3. The number of hydrogen-bond acceptors (Lipinski definition) is 3. The van der Waals surface area contributed by atoms with Crippen molar-refractivity contribution < 1.29 is 22.8 Å². The normalized spacial score (nSPS) is 21.3. The van der Waals surface area contributed by atoms with Gasteiger partial charge in [0.15, 0.2) is 0 Å². The van der Waals surface area contributed by atoms with Crippen LogP contribution in [0.1, 0.15) is 0 Å². The number of alkyl halides is 3. The topological polar surface area (TPSA) is 43.9 Å². The van der Waals surface area contributed by atoms with Gasteiger partial charge in [0.05, 0.1) is 13.1 Å². The first-order valence-corrected chi connectivity index (χ1v) is 5.46. The molecule has 0 radical (unpaired) electrons. The molecule has 1 saturated heterocycles. The zero-order valence-electron chi connectivity index (χ0n) is 10.3. The van der Waals surface area contributed by atoms with Gasteiger partial charge in [-0.25, -0.2) is 0 Å². The number of nitrogens with zero attached hydrogens (tertiary/aromatic N) is 3. The van der Waals surface area contributed by atoms with Crippen LogP contribution in [0.15, 0.2) is 0 Å². The summed E-state index contributed by atoms with van der Waals surface area (Å²) in [6.45, 7) is -0.384. The predicted molar refractivity (Wildman–Crippen MR) is 57.7 cm³/mol. The number of hydrogen-bond donors (Lipinski definition) is 0. The smallest absolute Gasteiger partial charge is 0.337 e. The molecule has 1 heterocycles. The highest BCUT2D eigenvalue weighted by Crippen LogP contribution is 2.27. The Labute approximate surface area is 103 Å². The molecule has 0 N–H and O–H groups in total. The molecule has 1 atom stereocenters. The van der Waals surface area contributed by atoms with Gasteiger partial charge >= 0.3 is 6.18 Å². The van der Waals surface area contributed by atoms with E-state index < -0.39 is 18.8 Å². The lowest BCUT2D eigenvalue weighted by molar-refractivity contribution is -0.197. The Morgan fingerprint density at radius 1 is 1.39 bits per heavy atom. The van der Waals surface area contributed by atoms with Crippen LogP contribution in [0, 0.1) is 0 Å². The summed E-state index contributed by atoms with van der Waals surface area (Å²) >= 11 is 0. The lowest BCUT2D eigenvalue weighted by Gasteiger charge is -2.40. The van der Waals surface area contributed by atoms with E-state index in [1.807, 2.05) is 0 Å². The Morgan fingerprint density at radius 3 is 2.44 bits per heavy atom. The summed E-state index contributed by atoms with van der Waals surface area (Å²) in [5, 5.41) is 0. The van der Waals surface area contributed by atoms with Crippen molar-refractivity contribution in [1.82, 2.24) is 14.7 Å². The van der Waals surface area contributed by atoms with E-state index in [2.05, 4.69) is 0 Å². The average Bonchev–Trinajstić information content (AvgIpc) is 2.26. The largest absolute Gasteiger partial charge is 0.410 e. The molecule has 104 valence electrons. The maximum atomic E-state index is 12.7. The summed E-state index contributed by atoms with van der Waals surface area (Å²) in [6.07, 6.45) is -4.33. The fraction of sp³-hybridized carbons (Fsp3) is 0.800. The molecule has 0 aliphatic carbocycles. The van der Waals surface area contributed by atoms with Gasteiger partial charge in [-0.1, -0.05) is 0 Å². The number of carbonyl (C=O) groups is 2. The highest BCUT2D eigenvalue weighted by molar-refractivity contribution is 5.78. The first-order chi connectivity index (χ1) is 8.25. The third-order valence-electron chi connectivity index (χ3n) is 2.74. The van der Waals surface area contributed by atoms with E-state index in [1.165, 1.54) is 0 Å². The van der Waals surface area contributed by atoms with Crippen LogP contribution < -0.4 is 0 Å². The van der Waals surface area contributed by atoms with Crippen LogP contribution in [-0.2, 0) is 9.59 Å². The van der Waals surface area contributed by atoms with Gasteiger partial charge in [0.1, 0.15) is 6.04 Å². The second-order valence-corrected chi connectivity index (χ2v) is 4.48. The first-order valence-electron chi connectivity index (χ1n) is 5.46. The quantitative estimate of drug-likeness (QED) is 0.664. The van der Waals surface area contributed by atoms with E-state index in [1.54, 1.807) is 19.0 Å². The van der Waals surface area contributed by atoms with Crippen LogP contribution in [0.4, 0.5) is 13.2 Å². The first kappa shape index (κ1) is 14.7. The van der Waals surface area contributed by atoms with Crippen LogP contribution in [0.25, 0.3) is 0 Å². The van der Waals surface area contributed by atoms with Gasteiger partial charge in [0.2, 0.25) is 12.3 Å².